The Labute approximate surface area is 152 Å². The van der Waals surface area contributed by atoms with Crippen molar-refractivity contribution in [1.29, 1.82) is 0 Å². The number of aliphatic hydroxyl groups is 2. The molecule has 0 saturated heterocycles. The van der Waals surface area contributed by atoms with Crippen LogP contribution in [0.25, 0.3) is 0 Å². The quantitative estimate of drug-likeness (QED) is 0.744. The molecule has 0 radical (unpaired) electrons. The summed E-state index contributed by atoms with van der Waals surface area (Å²) in [7, 11) is 0. The van der Waals surface area contributed by atoms with Crippen LogP contribution in [-0.4, -0.2) is 23.4 Å². The van der Waals surface area contributed by atoms with Crippen LogP contribution in [0.5, 0.6) is 0 Å². The first kappa shape index (κ1) is 17.3. The van der Waals surface area contributed by atoms with E-state index in [2.05, 4.69) is 36.5 Å². The summed E-state index contributed by atoms with van der Waals surface area (Å²) in [6.07, 6.45) is 22.7. The summed E-state index contributed by atoms with van der Waals surface area (Å²) in [5.41, 5.74) is 3.09. The van der Waals surface area contributed by atoms with Crippen LogP contribution in [0, 0.1) is 29.1 Å². The van der Waals surface area contributed by atoms with Gasteiger partial charge in [0.25, 0.3) is 0 Å². The molecule has 2 fully saturated rings. The first-order valence-electron chi connectivity index (χ1n) is 10.2. The molecule has 0 spiro atoms. The minimum Gasteiger partial charge on any atom is -0.396 e. The van der Waals surface area contributed by atoms with Crippen LogP contribution in [0.2, 0.25) is 0 Å². The second kappa shape index (κ2) is 7.25. The fourth-order valence-corrected chi connectivity index (χ4v) is 6.37. The Morgan fingerprint density at radius 3 is 1.88 bits per heavy atom. The molecular weight excluding hydrogens is 308 g/mol. The molecule has 4 rings (SSSR count). The Kier molecular flexibility index (Phi) is 5.01. The third-order valence-corrected chi connectivity index (χ3v) is 7.53. The fraction of sp³-hybridized carbons (Fsp3) is 0.652. The van der Waals surface area contributed by atoms with Crippen LogP contribution in [-0.2, 0) is 0 Å². The highest BCUT2D eigenvalue weighted by molar-refractivity contribution is 5.33. The molecule has 0 heterocycles. The number of fused-ring (bicyclic) bond motifs is 2. The van der Waals surface area contributed by atoms with Crippen molar-refractivity contribution in [3.8, 4) is 0 Å². The van der Waals surface area contributed by atoms with Gasteiger partial charge in [-0.15, -0.1) is 0 Å². The molecule has 0 aromatic heterocycles. The zero-order chi connectivity index (χ0) is 17.3. The van der Waals surface area contributed by atoms with Gasteiger partial charge >= 0.3 is 0 Å². The summed E-state index contributed by atoms with van der Waals surface area (Å²) >= 11 is 0. The Morgan fingerprint density at radius 2 is 1.40 bits per heavy atom. The highest BCUT2D eigenvalue weighted by Gasteiger charge is 2.52. The summed E-state index contributed by atoms with van der Waals surface area (Å²) in [4.78, 5) is 0. The van der Waals surface area contributed by atoms with E-state index in [1.807, 2.05) is 0 Å². The minimum absolute atomic E-state index is 0.0831. The predicted octanol–water partition coefficient (Wildman–Crippen LogP) is 4.56. The molecule has 0 aromatic rings. The molecule has 0 amide bonds. The number of rotatable bonds is 6. The summed E-state index contributed by atoms with van der Waals surface area (Å²) in [6.45, 7) is 0.482. The van der Waals surface area contributed by atoms with Gasteiger partial charge < -0.3 is 10.2 Å². The summed E-state index contributed by atoms with van der Waals surface area (Å²) in [5, 5.41) is 20.3. The lowest BCUT2D eigenvalue weighted by molar-refractivity contribution is 0.0187. The average molecular weight is 341 g/mol. The van der Waals surface area contributed by atoms with Gasteiger partial charge in [0.2, 0.25) is 0 Å². The Morgan fingerprint density at radius 1 is 0.840 bits per heavy atom. The van der Waals surface area contributed by atoms with Crippen molar-refractivity contribution in [2.45, 2.75) is 51.4 Å². The Balaban J connectivity index is 1.72. The molecule has 2 nitrogen and oxygen atoms in total. The van der Waals surface area contributed by atoms with Crippen LogP contribution in [0.4, 0.5) is 0 Å². The van der Waals surface area contributed by atoms with Crippen molar-refractivity contribution in [2.75, 3.05) is 13.2 Å². The normalized spacial score (nSPS) is 35.8. The summed E-state index contributed by atoms with van der Waals surface area (Å²) in [6, 6.07) is 0. The monoisotopic (exact) mass is 340 g/mol. The van der Waals surface area contributed by atoms with Gasteiger partial charge in [-0.05, 0) is 75.0 Å². The van der Waals surface area contributed by atoms with Crippen LogP contribution in [0.15, 0.2) is 47.6 Å². The molecule has 25 heavy (non-hydrogen) atoms. The molecule has 2 saturated carbocycles. The van der Waals surface area contributed by atoms with E-state index in [1.165, 1.54) is 38.5 Å². The molecule has 4 aliphatic rings. The SMILES string of the molecule is OCCCC(CO)(C1CCC2CC=CC=C21)C1CCC2CC=CC=C21. The van der Waals surface area contributed by atoms with Crippen molar-refractivity contribution < 1.29 is 10.2 Å². The zero-order valence-corrected chi connectivity index (χ0v) is 15.2. The van der Waals surface area contributed by atoms with Crippen molar-refractivity contribution in [2.24, 2.45) is 29.1 Å². The van der Waals surface area contributed by atoms with Crippen LogP contribution in [0.3, 0.4) is 0 Å². The maximum Gasteiger partial charge on any atom is 0.0498 e. The molecule has 0 bridgehead atoms. The molecule has 0 aliphatic heterocycles. The van der Waals surface area contributed by atoms with E-state index in [9.17, 15) is 10.2 Å². The number of hydrogen-bond acceptors (Lipinski definition) is 2. The van der Waals surface area contributed by atoms with Crippen LogP contribution in [0.1, 0.15) is 51.4 Å². The van der Waals surface area contributed by atoms with Crippen molar-refractivity contribution in [3.05, 3.63) is 47.6 Å². The molecule has 136 valence electrons. The second-order valence-corrected chi connectivity index (χ2v) is 8.53. The van der Waals surface area contributed by atoms with Crippen molar-refractivity contribution in [1.82, 2.24) is 0 Å². The standard InChI is InChI=1S/C23H32O2/c24-15-5-14-23(16-25,21-12-10-17-6-1-3-8-19(17)21)22-13-11-18-7-2-4-9-20(18)22/h1-4,8-9,17-18,21-22,24-25H,5-7,10-16H2. The highest BCUT2D eigenvalue weighted by atomic mass is 16.3. The smallest absolute Gasteiger partial charge is 0.0498 e. The van der Waals surface area contributed by atoms with E-state index in [0.717, 1.165) is 12.8 Å². The minimum atomic E-state index is -0.0831. The third-order valence-electron chi connectivity index (χ3n) is 7.53. The van der Waals surface area contributed by atoms with E-state index in [1.54, 1.807) is 11.1 Å². The topological polar surface area (TPSA) is 40.5 Å². The van der Waals surface area contributed by atoms with Gasteiger partial charge in [-0.25, -0.2) is 0 Å². The second-order valence-electron chi connectivity index (χ2n) is 8.53. The lowest BCUT2D eigenvalue weighted by Gasteiger charge is -2.45. The van der Waals surface area contributed by atoms with Gasteiger partial charge in [0.05, 0.1) is 0 Å². The first-order valence-corrected chi connectivity index (χ1v) is 10.2. The largest absolute Gasteiger partial charge is 0.396 e. The van der Waals surface area contributed by atoms with E-state index < -0.39 is 0 Å². The van der Waals surface area contributed by atoms with Crippen molar-refractivity contribution >= 4 is 0 Å². The number of allylic oxidation sites excluding steroid dienone is 8. The van der Waals surface area contributed by atoms with Crippen LogP contribution < -0.4 is 0 Å². The Hall–Kier alpha value is -1.12. The van der Waals surface area contributed by atoms with E-state index in [0.29, 0.717) is 23.7 Å². The molecule has 4 aliphatic carbocycles. The average Bonchev–Trinajstić information content (AvgIpc) is 3.28. The van der Waals surface area contributed by atoms with Gasteiger partial charge in [0.1, 0.15) is 0 Å². The zero-order valence-electron chi connectivity index (χ0n) is 15.2. The molecule has 0 aromatic carbocycles. The van der Waals surface area contributed by atoms with Gasteiger partial charge in [-0.1, -0.05) is 47.6 Å². The van der Waals surface area contributed by atoms with Crippen LogP contribution >= 0.6 is 0 Å². The molecule has 2 N–H and O–H groups in total. The lowest BCUT2D eigenvalue weighted by Crippen LogP contribution is -2.42. The highest BCUT2D eigenvalue weighted by Crippen LogP contribution is 2.59. The Bertz CT molecular complexity index is 564. The number of hydrogen-bond donors (Lipinski definition) is 2. The van der Waals surface area contributed by atoms with Gasteiger partial charge in [-0.3, -0.25) is 0 Å². The van der Waals surface area contributed by atoms with Gasteiger partial charge in [-0.2, -0.15) is 0 Å². The third kappa shape index (κ3) is 2.88. The van der Waals surface area contributed by atoms with E-state index >= 15 is 0 Å². The van der Waals surface area contributed by atoms with Crippen molar-refractivity contribution in [3.63, 3.8) is 0 Å². The summed E-state index contributed by atoms with van der Waals surface area (Å²) < 4.78 is 0. The van der Waals surface area contributed by atoms with Gasteiger partial charge in [0.15, 0.2) is 0 Å². The lowest BCUT2D eigenvalue weighted by atomic mass is 9.60. The maximum absolute atomic E-state index is 10.7. The molecular formula is C23H32O2. The summed E-state index contributed by atoms with van der Waals surface area (Å²) in [5.74, 6) is 2.34. The van der Waals surface area contributed by atoms with E-state index in [-0.39, 0.29) is 18.6 Å². The predicted molar refractivity (Wildman–Crippen MR) is 102 cm³/mol. The van der Waals surface area contributed by atoms with E-state index in [4.69, 9.17) is 0 Å². The fourth-order valence-electron chi connectivity index (χ4n) is 6.37. The molecule has 4 atom stereocenters. The van der Waals surface area contributed by atoms with Gasteiger partial charge in [0, 0.05) is 18.6 Å². The first-order chi connectivity index (χ1) is 12.3. The number of aliphatic hydroxyl groups excluding tert-OH is 2. The molecule has 4 unspecified atom stereocenters. The molecule has 2 heteroatoms. The maximum atomic E-state index is 10.7.